The Bertz CT molecular complexity index is 757. The SMILES string of the molecule is CCC(C)(C)c1nnc(NS(=O)(=O)Cc2ccccc2Cl)s1. The highest BCUT2D eigenvalue weighted by atomic mass is 35.5. The molecular formula is C14H18ClN3O2S2. The molecule has 0 bridgehead atoms. The first-order valence-electron chi connectivity index (χ1n) is 6.81. The van der Waals surface area contributed by atoms with Crippen LogP contribution in [0.4, 0.5) is 5.13 Å². The van der Waals surface area contributed by atoms with Gasteiger partial charge in [-0.1, -0.05) is 61.9 Å². The molecule has 0 radical (unpaired) electrons. The minimum Gasteiger partial charge on any atom is -0.257 e. The smallest absolute Gasteiger partial charge is 0.238 e. The average Bonchev–Trinajstić information content (AvgIpc) is 2.89. The second-order valence-corrected chi connectivity index (χ2v) is 8.71. The van der Waals surface area contributed by atoms with Crippen molar-refractivity contribution >= 4 is 38.1 Å². The van der Waals surface area contributed by atoms with E-state index in [-0.39, 0.29) is 16.3 Å². The first kappa shape index (κ1) is 17.2. The molecule has 1 heterocycles. The number of halogens is 1. The number of nitrogens with one attached hydrogen (secondary N) is 1. The Balaban J connectivity index is 2.15. The predicted octanol–water partition coefficient (Wildman–Crippen LogP) is 3.82. The molecular weight excluding hydrogens is 342 g/mol. The zero-order valence-corrected chi connectivity index (χ0v) is 15.0. The molecule has 0 saturated heterocycles. The van der Waals surface area contributed by atoms with Crippen LogP contribution in [0.2, 0.25) is 5.02 Å². The maximum Gasteiger partial charge on any atom is 0.238 e. The molecule has 0 aliphatic heterocycles. The molecule has 0 saturated carbocycles. The van der Waals surface area contributed by atoms with Crippen LogP contribution < -0.4 is 4.72 Å². The van der Waals surface area contributed by atoms with Crippen LogP contribution in [-0.2, 0) is 21.2 Å². The van der Waals surface area contributed by atoms with Crippen LogP contribution in [-0.4, -0.2) is 18.6 Å². The molecule has 0 aliphatic rings. The summed E-state index contributed by atoms with van der Waals surface area (Å²) in [6, 6.07) is 6.87. The molecule has 120 valence electrons. The number of nitrogens with zero attached hydrogens (tertiary/aromatic N) is 2. The number of sulfonamides is 1. The lowest BCUT2D eigenvalue weighted by Crippen LogP contribution is -2.15. The summed E-state index contributed by atoms with van der Waals surface area (Å²) in [7, 11) is -3.58. The summed E-state index contributed by atoms with van der Waals surface area (Å²) in [5.74, 6) is -0.196. The van der Waals surface area contributed by atoms with Gasteiger partial charge in [-0.3, -0.25) is 4.72 Å². The number of rotatable bonds is 6. The van der Waals surface area contributed by atoms with E-state index in [2.05, 4.69) is 35.7 Å². The molecule has 0 unspecified atom stereocenters. The van der Waals surface area contributed by atoms with Gasteiger partial charge in [-0.2, -0.15) is 0 Å². The topological polar surface area (TPSA) is 72.0 Å². The minimum atomic E-state index is -3.58. The van der Waals surface area contributed by atoms with Gasteiger partial charge >= 0.3 is 0 Å². The summed E-state index contributed by atoms with van der Waals surface area (Å²) in [6.07, 6.45) is 0.897. The monoisotopic (exact) mass is 359 g/mol. The first-order valence-corrected chi connectivity index (χ1v) is 9.66. The zero-order valence-electron chi connectivity index (χ0n) is 12.6. The Labute approximate surface area is 139 Å². The van der Waals surface area contributed by atoms with Crippen molar-refractivity contribution in [3.05, 3.63) is 39.9 Å². The molecule has 1 aromatic carbocycles. The summed E-state index contributed by atoms with van der Waals surface area (Å²) in [4.78, 5) is 0. The van der Waals surface area contributed by atoms with E-state index < -0.39 is 10.0 Å². The third-order valence-electron chi connectivity index (χ3n) is 3.43. The van der Waals surface area contributed by atoms with Crippen molar-refractivity contribution in [1.29, 1.82) is 0 Å². The third kappa shape index (κ3) is 4.18. The van der Waals surface area contributed by atoms with Crippen molar-refractivity contribution < 1.29 is 8.42 Å². The van der Waals surface area contributed by atoms with Crippen molar-refractivity contribution in [3.63, 3.8) is 0 Å². The molecule has 0 spiro atoms. The van der Waals surface area contributed by atoms with Gasteiger partial charge in [0.15, 0.2) is 0 Å². The Hall–Kier alpha value is -1.18. The van der Waals surface area contributed by atoms with Crippen LogP contribution >= 0.6 is 22.9 Å². The largest absolute Gasteiger partial charge is 0.257 e. The molecule has 0 aliphatic carbocycles. The van der Waals surface area contributed by atoms with Crippen molar-refractivity contribution in [2.24, 2.45) is 0 Å². The van der Waals surface area contributed by atoms with Crippen LogP contribution in [0, 0.1) is 0 Å². The Morgan fingerprint density at radius 1 is 1.27 bits per heavy atom. The molecule has 0 amide bonds. The Morgan fingerprint density at radius 2 is 1.95 bits per heavy atom. The van der Waals surface area contributed by atoms with E-state index in [0.717, 1.165) is 11.4 Å². The van der Waals surface area contributed by atoms with Gasteiger partial charge in [-0.05, 0) is 18.1 Å². The fourth-order valence-corrected chi connectivity index (χ4v) is 4.32. The third-order valence-corrected chi connectivity index (χ3v) is 6.33. The molecule has 2 rings (SSSR count). The predicted molar refractivity (Wildman–Crippen MR) is 90.9 cm³/mol. The van der Waals surface area contributed by atoms with Gasteiger partial charge in [0.1, 0.15) is 5.01 Å². The molecule has 0 fully saturated rings. The van der Waals surface area contributed by atoms with Crippen molar-refractivity contribution in [2.75, 3.05) is 4.72 Å². The van der Waals surface area contributed by atoms with E-state index in [1.165, 1.54) is 11.3 Å². The Kier molecular flexibility index (Phi) is 5.09. The van der Waals surface area contributed by atoms with E-state index in [9.17, 15) is 8.42 Å². The molecule has 22 heavy (non-hydrogen) atoms. The number of anilines is 1. The Morgan fingerprint density at radius 3 is 2.59 bits per heavy atom. The standard InChI is InChI=1S/C14H18ClN3O2S2/c1-4-14(2,3)12-16-17-13(21-12)18-22(19,20)9-10-7-5-6-8-11(10)15/h5-8H,4,9H2,1-3H3,(H,17,18). The quantitative estimate of drug-likeness (QED) is 0.850. The van der Waals surface area contributed by atoms with Gasteiger partial charge in [0.25, 0.3) is 0 Å². The van der Waals surface area contributed by atoms with E-state index >= 15 is 0 Å². The van der Waals surface area contributed by atoms with E-state index in [1.54, 1.807) is 24.3 Å². The maximum absolute atomic E-state index is 12.2. The van der Waals surface area contributed by atoms with Crippen LogP contribution in [0.5, 0.6) is 0 Å². The average molecular weight is 360 g/mol. The van der Waals surface area contributed by atoms with Gasteiger partial charge in [0.05, 0.1) is 5.75 Å². The second kappa shape index (κ2) is 6.52. The van der Waals surface area contributed by atoms with Crippen LogP contribution in [0.15, 0.2) is 24.3 Å². The van der Waals surface area contributed by atoms with E-state index in [1.807, 2.05) is 0 Å². The van der Waals surface area contributed by atoms with Crippen molar-refractivity contribution in [2.45, 2.75) is 38.4 Å². The summed E-state index contributed by atoms with van der Waals surface area (Å²) in [6.45, 7) is 6.16. The van der Waals surface area contributed by atoms with Gasteiger partial charge in [0.2, 0.25) is 15.2 Å². The van der Waals surface area contributed by atoms with Gasteiger partial charge in [-0.25, -0.2) is 8.42 Å². The molecule has 0 atom stereocenters. The normalized spacial score (nSPS) is 12.4. The van der Waals surface area contributed by atoms with Gasteiger partial charge < -0.3 is 0 Å². The second-order valence-electron chi connectivity index (χ2n) is 5.60. The highest BCUT2D eigenvalue weighted by molar-refractivity contribution is 7.92. The number of hydrogen-bond donors (Lipinski definition) is 1. The molecule has 8 heteroatoms. The maximum atomic E-state index is 12.2. The number of aromatic nitrogens is 2. The zero-order chi connectivity index (χ0) is 16.4. The fraction of sp³-hybridized carbons (Fsp3) is 0.429. The number of hydrogen-bond acceptors (Lipinski definition) is 5. The lowest BCUT2D eigenvalue weighted by molar-refractivity contribution is 0.498. The number of benzene rings is 1. The summed E-state index contributed by atoms with van der Waals surface area (Å²) in [5.41, 5.74) is 0.430. The van der Waals surface area contributed by atoms with Gasteiger partial charge in [0, 0.05) is 10.4 Å². The van der Waals surface area contributed by atoms with Crippen molar-refractivity contribution in [1.82, 2.24) is 10.2 Å². The minimum absolute atomic E-state index is 0.121. The lowest BCUT2D eigenvalue weighted by atomic mass is 9.91. The van der Waals surface area contributed by atoms with Crippen LogP contribution in [0.3, 0.4) is 0 Å². The van der Waals surface area contributed by atoms with Crippen LogP contribution in [0.1, 0.15) is 37.8 Å². The summed E-state index contributed by atoms with van der Waals surface area (Å²) >= 11 is 7.26. The van der Waals surface area contributed by atoms with Crippen molar-refractivity contribution in [3.8, 4) is 0 Å². The lowest BCUT2D eigenvalue weighted by Gasteiger charge is -2.17. The van der Waals surface area contributed by atoms with Gasteiger partial charge in [-0.15, -0.1) is 10.2 Å². The molecule has 2 aromatic rings. The molecule has 5 nitrogen and oxygen atoms in total. The molecule has 1 N–H and O–H groups in total. The van der Waals surface area contributed by atoms with Crippen LogP contribution in [0.25, 0.3) is 0 Å². The first-order chi connectivity index (χ1) is 10.2. The highest BCUT2D eigenvalue weighted by Gasteiger charge is 2.24. The highest BCUT2D eigenvalue weighted by Crippen LogP contribution is 2.31. The summed E-state index contributed by atoms with van der Waals surface area (Å²) in [5, 5.41) is 9.53. The molecule has 1 aromatic heterocycles. The summed E-state index contributed by atoms with van der Waals surface area (Å²) < 4.78 is 26.9. The van der Waals surface area contributed by atoms with E-state index in [0.29, 0.717) is 10.6 Å². The van der Waals surface area contributed by atoms with E-state index in [4.69, 9.17) is 11.6 Å². The fourth-order valence-electron chi connectivity index (χ4n) is 1.68.